The van der Waals surface area contributed by atoms with Crippen LogP contribution in [-0.4, -0.2) is 182 Å². The Morgan fingerprint density at radius 3 is 1.52 bits per heavy atom. The molecule has 20 rings (SSSR count). The van der Waals surface area contributed by atoms with Gasteiger partial charge in [0.2, 0.25) is 23.8 Å². The van der Waals surface area contributed by atoms with Crippen LogP contribution in [0, 0.1) is 59.7 Å². The quantitative estimate of drug-likeness (QED) is 0.0240. The molecule has 0 amide bonds. The number of imidazole rings is 1. The van der Waals surface area contributed by atoms with Gasteiger partial charge in [-0.2, -0.15) is 19.9 Å². The fourth-order valence-corrected chi connectivity index (χ4v) is 17.5. The summed E-state index contributed by atoms with van der Waals surface area (Å²) in [7, 11) is 5.82. The first-order chi connectivity index (χ1) is 70.3. The number of nitrogens with zero attached hydrogens (tertiary/aromatic N) is 16. The van der Waals surface area contributed by atoms with Gasteiger partial charge in [-0.3, -0.25) is 37.4 Å². The normalized spacial score (nSPS) is 15.9. The number of terminal acetylenes is 1. The minimum absolute atomic E-state index is 0. The van der Waals surface area contributed by atoms with Gasteiger partial charge in [0.05, 0.1) is 85.3 Å². The second kappa shape index (κ2) is 46.7. The van der Waals surface area contributed by atoms with Crippen LogP contribution in [0.1, 0.15) is 148 Å². The molecule has 4 aromatic carbocycles. The van der Waals surface area contributed by atoms with Gasteiger partial charge < -0.3 is 76.0 Å². The van der Waals surface area contributed by atoms with Crippen molar-refractivity contribution in [3.8, 4) is 47.9 Å². The Kier molecular flexibility index (Phi) is 32.5. The average molecular weight is 1990 g/mol. The first-order valence-corrected chi connectivity index (χ1v) is 48.8. The number of morpholine rings is 1. The van der Waals surface area contributed by atoms with Gasteiger partial charge in [0.25, 0.3) is 22.2 Å². The third-order valence-corrected chi connectivity index (χ3v) is 25.4. The number of methoxy groups -OCH3 is 1. The van der Waals surface area contributed by atoms with E-state index in [1.807, 2.05) is 92.7 Å². The number of hydrogen-bond acceptors (Lipinski definition) is 28. The lowest BCUT2D eigenvalue weighted by atomic mass is 10.1. The molecule has 15 aromatic rings. The van der Waals surface area contributed by atoms with Crippen molar-refractivity contribution in [1.29, 1.82) is 0 Å². The van der Waals surface area contributed by atoms with Gasteiger partial charge in [0.15, 0.2) is 0 Å². The largest absolute Gasteiger partial charge is 0.489 e. The molecule has 33 nitrogen and oxygen atoms in total. The first kappa shape index (κ1) is 101. The third-order valence-electron chi connectivity index (χ3n) is 25.0. The standard InChI is InChI=1S/C29H32N6O2.C28H28F3N7O2.C26H30N6O2.C25H23ClN6O2.4H2/c1-4-5-20-16-22-17-31-29(33-24-8-6-23(7-9-24)32-25-10-13-30-14-11-25)34-27(22)35(28(20)36)18-21-12-15-37-26(21)19(2)3;1-18(2)4-5-20-14-21-15-33-27(34-22-8-6-19(7-9-22)23-16-36(3)12-13-40-23)35-25(21)37(26(20)39)17-24-32-10-11-38(24)28(29,30)31;1-31-12-11-23(17-31)28-21-7-9-22(10-8-21)29-26-27-16-20-15-19(6-5-18-3-4-18)25(33)32(13-14-34-2)24(20)30-26;1-2-16-12-17-13-28-25(31-23(17)32(24(16)33)15-22-21(26)9-11-34-22)30-19-7-5-18(6-8-19)29-20-4-3-10-27-14-20;;;;/h6-9,12,15-17,19,25,30,32H,10-11,13-14,18H2,1-3H3,(H,31,33,34);6-11,14-15,18,23H,12-13,16-17H2,1-3H3,(H,33,34,35);7-10,15-16,18,23,28H,3-4,11-14,17H2,1-2H3,(H,27,29,30);1,5-9,11-13,20,27,29H,3-4,10,14-15H2,(H,28,30,31);4*1H. The number of hydrogen-bond donors (Lipinski definition) is 9. The summed E-state index contributed by atoms with van der Waals surface area (Å²) >= 11 is 6.18. The molecule has 0 spiro atoms. The molecule has 0 bridgehead atoms. The van der Waals surface area contributed by atoms with Crippen molar-refractivity contribution in [1.82, 2.24) is 88.1 Å². The van der Waals surface area contributed by atoms with Gasteiger partial charge in [-0.15, -0.1) is 25.5 Å². The molecule has 145 heavy (non-hydrogen) atoms. The minimum atomic E-state index is -4.69. The number of halogens is 4. The van der Waals surface area contributed by atoms with Crippen LogP contribution in [0.4, 0.5) is 76.8 Å². The number of alkyl halides is 3. The summed E-state index contributed by atoms with van der Waals surface area (Å²) in [6, 6.07) is 43.5. The Hall–Kier alpha value is -15.5. The summed E-state index contributed by atoms with van der Waals surface area (Å²) < 4.78 is 68.8. The van der Waals surface area contributed by atoms with Crippen LogP contribution in [0.2, 0.25) is 5.02 Å². The number of pyridine rings is 4. The highest BCUT2D eigenvalue weighted by atomic mass is 35.5. The Labute approximate surface area is 846 Å². The maximum Gasteiger partial charge on any atom is 0.489 e. The summed E-state index contributed by atoms with van der Waals surface area (Å²) in [5, 5.41) is 33.4. The van der Waals surface area contributed by atoms with Crippen LogP contribution < -0.4 is 70.1 Å². The van der Waals surface area contributed by atoms with E-state index in [-0.39, 0.29) is 80.0 Å². The molecular weight excluding hydrogens is 1870 g/mol. The molecule has 37 heteroatoms. The van der Waals surface area contributed by atoms with E-state index in [0.717, 1.165) is 170 Å². The first-order valence-electron chi connectivity index (χ1n) is 48.4. The van der Waals surface area contributed by atoms with Crippen molar-refractivity contribution in [3.63, 3.8) is 0 Å². The van der Waals surface area contributed by atoms with Crippen LogP contribution in [0.5, 0.6) is 0 Å². The summed E-state index contributed by atoms with van der Waals surface area (Å²) in [4.78, 5) is 97.5. The number of ether oxygens (including phenoxy) is 2. The van der Waals surface area contributed by atoms with E-state index in [9.17, 15) is 32.3 Å². The second-order valence-corrected chi connectivity index (χ2v) is 37.2. The lowest BCUT2D eigenvalue weighted by Crippen LogP contribution is -2.38. The van der Waals surface area contributed by atoms with Crippen LogP contribution in [0.15, 0.2) is 211 Å². The number of rotatable bonds is 25. The Morgan fingerprint density at radius 1 is 0.538 bits per heavy atom. The molecular formula is C108H121ClF3N25O8. The molecule has 754 valence electrons. The number of benzene rings is 4. The predicted molar refractivity (Wildman–Crippen MR) is 568 cm³/mol. The predicted octanol–water partition coefficient (Wildman–Crippen LogP) is 17.1. The number of likely N-dealkylation sites (tertiary alicyclic amines) is 1. The number of piperidine rings is 2. The molecule has 1 saturated carbocycles. The van der Waals surface area contributed by atoms with E-state index in [0.29, 0.717) is 124 Å². The highest BCUT2D eigenvalue weighted by molar-refractivity contribution is 6.31. The highest BCUT2D eigenvalue weighted by Gasteiger charge is 2.34. The molecule has 4 aliphatic heterocycles. The SMILES string of the molecule is C#Cc1cc2cnc(Nc3ccc(NC4CCCNC4)cc3)nc2n(Cc2occc2Cl)c1=O.CC#Cc1cc2cnc(Nc3ccc(NC4CCNCC4)cc3)nc2n(Cc2ccoc2C(C)C)c1=O.CC(C)C#Cc1cc2cnc(Nc3ccc(C4CN(C)CCO4)cc3)nc2n(Cc2nccn2C(F)(F)F)c1=O.COCCn1c(=O)c(C#CC2CC2)cc2cnc(Nc3ccc(NC4CCN(C)C4)cc3)nc21.[HH].[HH].[HH].[HH]. The van der Waals surface area contributed by atoms with Crippen LogP contribution in [0.3, 0.4) is 0 Å². The van der Waals surface area contributed by atoms with Gasteiger partial charge in [0.1, 0.15) is 39.9 Å². The van der Waals surface area contributed by atoms with Gasteiger partial charge in [0, 0.05) is 179 Å². The van der Waals surface area contributed by atoms with Crippen LogP contribution >= 0.6 is 11.6 Å². The molecule has 0 radical (unpaired) electrons. The fourth-order valence-electron chi connectivity index (χ4n) is 17.3. The molecule has 9 N–H and O–H groups in total. The Morgan fingerprint density at radius 2 is 1.03 bits per heavy atom. The van der Waals surface area contributed by atoms with Crippen molar-refractivity contribution in [2.24, 2.45) is 11.8 Å². The zero-order valence-corrected chi connectivity index (χ0v) is 82.5. The van der Waals surface area contributed by atoms with Gasteiger partial charge in [-0.1, -0.05) is 87.0 Å². The number of likely N-dealkylation sites (N-methyl/N-ethyl adjacent to an activating group) is 2. The van der Waals surface area contributed by atoms with Crippen molar-refractivity contribution >= 4 is 119 Å². The van der Waals surface area contributed by atoms with Crippen LogP contribution in [-0.2, 0) is 42.0 Å². The lowest BCUT2D eigenvalue weighted by molar-refractivity contribution is -0.205. The van der Waals surface area contributed by atoms with E-state index in [1.54, 1.807) is 78.4 Å². The number of furan rings is 2. The zero-order chi connectivity index (χ0) is 101. The van der Waals surface area contributed by atoms with Gasteiger partial charge in [-0.05, 0) is 219 Å². The molecule has 4 saturated heterocycles. The topological polar surface area (TPSA) is 368 Å². The van der Waals surface area contributed by atoms with Crippen molar-refractivity contribution in [3.05, 3.63) is 280 Å². The summed E-state index contributed by atoms with van der Waals surface area (Å²) in [6.45, 7) is 19.1. The summed E-state index contributed by atoms with van der Waals surface area (Å²) in [5.41, 5.74) is 10.2. The lowest BCUT2D eigenvalue weighted by Gasteiger charge is -2.30. The number of aromatic nitrogens is 14. The van der Waals surface area contributed by atoms with Gasteiger partial charge >= 0.3 is 6.30 Å². The molecule has 3 unspecified atom stereocenters. The Balaban J connectivity index is 0.000000165. The van der Waals surface area contributed by atoms with Gasteiger partial charge in [-0.25, -0.2) is 29.5 Å². The molecule has 3 atom stereocenters. The summed E-state index contributed by atoms with van der Waals surface area (Å²) in [6.07, 6.45) is 20.4. The molecule has 1 aliphatic carbocycles. The maximum atomic E-state index is 13.5. The van der Waals surface area contributed by atoms with Crippen LogP contribution in [0.25, 0.3) is 44.1 Å². The molecule has 15 heterocycles. The smallest absolute Gasteiger partial charge is 0.469 e. The van der Waals surface area contributed by atoms with E-state index in [2.05, 4.69) is 191 Å². The minimum Gasteiger partial charge on any atom is -0.469 e. The number of anilines is 11. The van der Waals surface area contributed by atoms with Crippen molar-refractivity contribution in [2.45, 2.75) is 142 Å². The number of fused-ring (bicyclic) bond motifs is 4. The maximum absolute atomic E-state index is 13.5. The highest BCUT2D eigenvalue weighted by Crippen LogP contribution is 2.33. The third kappa shape index (κ3) is 25.9. The fraction of sp³-hybridized carbons (Fsp3) is 0.343. The summed E-state index contributed by atoms with van der Waals surface area (Å²) in [5.74, 6) is 23.2. The van der Waals surface area contributed by atoms with Crippen molar-refractivity contribution in [2.75, 3.05) is 124 Å². The Bertz CT molecular complexity index is 7660. The molecule has 5 aliphatic rings. The zero-order valence-electron chi connectivity index (χ0n) is 81.7. The van der Waals surface area contributed by atoms with E-state index >= 15 is 0 Å². The molecule has 5 fully saturated rings. The van der Waals surface area contributed by atoms with Crippen molar-refractivity contribution < 1.29 is 37.2 Å². The molecule has 11 aromatic heterocycles. The van der Waals surface area contributed by atoms with E-state index < -0.39 is 18.4 Å². The van der Waals surface area contributed by atoms with E-state index in [4.69, 9.17) is 41.3 Å². The van der Waals surface area contributed by atoms with E-state index in [1.165, 1.54) is 23.4 Å². The second-order valence-electron chi connectivity index (χ2n) is 36.8. The number of nitrogens with one attached hydrogen (secondary N) is 9. The monoisotopic (exact) mass is 1990 g/mol. The average Bonchev–Trinajstić information content (AvgIpc) is 1.79.